The summed E-state index contributed by atoms with van der Waals surface area (Å²) >= 11 is 0. The first kappa shape index (κ1) is 24.0. The monoisotopic (exact) mass is 484 g/mol. The Morgan fingerprint density at radius 1 is 1.00 bits per heavy atom. The summed E-state index contributed by atoms with van der Waals surface area (Å²) in [5, 5.41) is 0.842. The minimum atomic E-state index is -3.47. The molecule has 9 heteroatoms. The van der Waals surface area contributed by atoms with E-state index in [1.54, 1.807) is 0 Å². The van der Waals surface area contributed by atoms with Gasteiger partial charge in [0.2, 0.25) is 0 Å². The minimum absolute atomic E-state index is 0.0552. The Bertz CT molecular complexity index is 1260. The first-order chi connectivity index (χ1) is 16.5. The molecule has 0 saturated heterocycles. The van der Waals surface area contributed by atoms with Gasteiger partial charge in [-0.3, -0.25) is 4.18 Å². The molecule has 1 aliphatic rings. The largest absolute Gasteiger partial charge is 0.493 e. The van der Waals surface area contributed by atoms with Crippen molar-refractivity contribution in [3.63, 3.8) is 0 Å². The summed E-state index contributed by atoms with van der Waals surface area (Å²) < 4.78 is 45.0. The van der Waals surface area contributed by atoms with Crippen molar-refractivity contribution >= 4 is 21.0 Å². The zero-order valence-electron chi connectivity index (χ0n) is 19.1. The predicted molar refractivity (Wildman–Crippen MR) is 130 cm³/mol. The van der Waals surface area contributed by atoms with Gasteiger partial charge in [-0.15, -0.1) is 0 Å². The number of nitrogens with zero attached hydrogens (tertiary/aromatic N) is 2. The Hall–Kier alpha value is -3.17. The van der Waals surface area contributed by atoms with Gasteiger partial charge in [0.15, 0.2) is 11.5 Å². The molecule has 180 valence electrons. The van der Waals surface area contributed by atoms with Gasteiger partial charge in [-0.1, -0.05) is 24.3 Å². The van der Waals surface area contributed by atoms with Crippen molar-refractivity contribution in [2.45, 2.75) is 25.7 Å². The van der Waals surface area contributed by atoms with E-state index in [0.29, 0.717) is 31.1 Å². The molecule has 0 spiro atoms. The number of fused-ring (bicyclic) bond motifs is 4. The van der Waals surface area contributed by atoms with Crippen LogP contribution in [0.15, 0.2) is 54.9 Å². The number of benzene rings is 2. The van der Waals surface area contributed by atoms with E-state index in [9.17, 15) is 8.42 Å². The molecule has 0 atom stereocenters. The number of aromatic nitrogens is 2. The summed E-state index contributed by atoms with van der Waals surface area (Å²) in [6.07, 6.45) is 9.82. The maximum atomic E-state index is 11.1. The van der Waals surface area contributed by atoms with Gasteiger partial charge in [-0.05, 0) is 37.5 Å². The lowest BCUT2D eigenvalue weighted by molar-refractivity contribution is 0.236. The molecule has 0 amide bonds. The number of rotatable bonds is 6. The summed E-state index contributed by atoms with van der Waals surface area (Å²) in [5.41, 5.74) is 2.42. The highest BCUT2D eigenvalue weighted by atomic mass is 32.2. The molecule has 1 aliphatic heterocycles. The molecule has 4 rings (SSSR count). The zero-order valence-corrected chi connectivity index (χ0v) is 19.9. The van der Waals surface area contributed by atoms with E-state index in [2.05, 4.69) is 22.1 Å². The Morgan fingerprint density at radius 2 is 1.88 bits per heavy atom. The fraction of sp³-hybridized carbons (Fsp3) is 0.360. The van der Waals surface area contributed by atoms with E-state index in [1.165, 1.54) is 6.33 Å². The van der Waals surface area contributed by atoms with E-state index in [1.807, 2.05) is 36.4 Å². The van der Waals surface area contributed by atoms with Gasteiger partial charge in [-0.25, -0.2) is 9.97 Å². The summed E-state index contributed by atoms with van der Waals surface area (Å²) in [5.74, 6) is 1.93. The summed E-state index contributed by atoms with van der Waals surface area (Å²) in [4.78, 5) is 8.97. The number of hydrogen-bond donors (Lipinski definition) is 0. The predicted octanol–water partition coefficient (Wildman–Crippen LogP) is 4.54. The third-order valence-electron chi connectivity index (χ3n) is 5.14. The summed E-state index contributed by atoms with van der Waals surface area (Å²) in [6, 6.07) is 11.6. The standard InChI is InChI=1S/C25H28N2O6S/c1-34(28,29)33-14-8-13-32-24-17-22-21-16-23(24)31-12-6-4-2-3-5-11-30-20-10-7-9-19(15-20)25(21)27-18-26-22/h2-3,7,9-10,15-18H,4-6,8,11-14H2,1H3/b3-2+. The lowest BCUT2D eigenvalue weighted by Crippen LogP contribution is -2.08. The summed E-state index contributed by atoms with van der Waals surface area (Å²) in [6.45, 7) is 1.47. The molecule has 4 bridgehead atoms. The molecular formula is C25H28N2O6S. The van der Waals surface area contributed by atoms with E-state index in [-0.39, 0.29) is 13.2 Å². The fourth-order valence-corrected chi connectivity index (χ4v) is 3.99. The molecule has 8 nitrogen and oxygen atoms in total. The van der Waals surface area contributed by atoms with Crippen molar-refractivity contribution in [3.05, 3.63) is 54.9 Å². The van der Waals surface area contributed by atoms with E-state index < -0.39 is 10.1 Å². The molecule has 34 heavy (non-hydrogen) atoms. The van der Waals surface area contributed by atoms with Gasteiger partial charge in [-0.2, -0.15) is 8.42 Å². The quantitative estimate of drug-likeness (QED) is 0.286. The lowest BCUT2D eigenvalue weighted by Gasteiger charge is -2.15. The molecule has 0 unspecified atom stereocenters. The molecular weight excluding hydrogens is 456 g/mol. The Balaban J connectivity index is 1.65. The van der Waals surface area contributed by atoms with Gasteiger partial charge < -0.3 is 14.2 Å². The smallest absolute Gasteiger partial charge is 0.264 e. The van der Waals surface area contributed by atoms with Crippen LogP contribution in [0.4, 0.5) is 0 Å². The van der Waals surface area contributed by atoms with Crippen LogP contribution in [0.1, 0.15) is 25.7 Å². The maximum Gasteiger partial charge on any atom is 0.264 e. The van der Waals surface area contributed by atoms with Crippen LogP contribution in [-0.4, -0.2) is 51.1 Å². The Morgan fingerprint density at radius 3 is 2.76 bits per heavy atom. The highest BCUT2D eigenvalue weighted by Crippen LogP contribution is 2.36. The van der Waals surface area contributed by atoms with Crippen molar-refractivity contribution in [1.29, 1.82) is 0 Å². The van der Waals surface area contributed by atoms with Crippen molar-refractivity contribution < 1.29 is 26.8 Å². The zero-order chi connectivity index (χ0) is 23.8. The normalized spacial score (nSPS) is 15.4. The third-order valence-corrected chi connectivity index (χ3v) is 5.74. The van der Waals surface area contributed by atoms with Crippen LogP contribution in [0.2, 0.25) is 0 Å². The molecule has 2 heterocycles. The SMILES string of the molecule is CS(=O)(=O)OCCCOc1cc2ncnc3c2cc1OCCC/C=C/CCOc1cccc-3c1. The second-order valence-corrected chi connectivity index (χ2v) is 9.54. The van der Waals surface area contributed by atoms with Crippen LogP contribution in [0.3, 0.4) is 0 Å². The van der Waals surface area contributed by atoms with E-state index in [0.717, 1.165) is 53.4 Å². The molecule has 0 N–H and O–H groups in total. The van der Waals surface area contributed by atoms with Crippen LogP contribution in [0.5, 0.6) is 17.2 Å². The average molecular weight is 485 g/mol. The van der Waals surface area contributed by atoms with Crippen LogP contribution >= 0.6 is 0 Å². The highest BCUT2D eigenvalue weighted by Gasteiger charge is 2.14. The number of allylic oxidation sites excluding steroid dienone is 1. The molecule has 3 aromatic rings. The number of hydrogen-bond acceptors (Lipinski definition) is 8. The molecule has 0 radical (unpaired) electrons. The second kappa shape index (κ2) is 11.3. The Labute approximate surface area is 199 Å². The van der Waals surface area contributed by atoms with Crippen LogP contribution in [-0.2, 0) is 14.3 Å². The maximum absolute atomic E-state index is 11.1. The molecule has 1 aromatic heterocycles. The number of ether oxygens (including phenoxy) is 3. The molecule has 2 aromatic carbocycles. The van der Waals surface area contributed by atoms with Crippen molar-refractivity contribution in [2.75, 3.05) is 32.7 Å². The highest BCUT2D eigenvalue weighted by molar-refractivity contribution is 7.85. The average Bonchev–Trinajstić information content (AvgIpc) is 2.81. The second-order valence-electron chi connectivity index (χ2n) is 7.89. The topological polar surface area (TPSA) is 96.8 Å². The van der Waals surface area contributed by atoms with Gasteiger partial charge in [0.1, 0.15) is 12.1 Å². The minimum Gasteiger partial charge on any atom is -0.493 e. The van der Waals surface area contributed by atoms with E-state index >= 15 is 0 Å². The molecule has 0 aliphatic carbocycles. The van der Waals surface area contributed by atoms with Crippen LogP contribution in [0.25, 0.3) is 22.2 Å². The van der Waals surface area contributed by atoms with Crippen molar-refractivity contribution in [3.8, 4) is 28.5 Å². The Kier molecular flexibility index (Phi) is 7.97. The van der Waals surface area contributed by atoms with E-state index in [4.69, 9.17) is 18.4 Å². The van der Waals surface area contributed by atoms with Crippen molar-refractivity contribution in [2.24, 2.45) is 0 Å². The van der Waals surface area contributed by atoms with Crippen LogP contribution < -0.4 is 14.2 Å². The first-order valence-corrected chi connectivity index (χ1v) is 13.1. The lowest BCUT2D eigenvalue weighted by atomic mass is 10.1. The molecule has 0 fully saturated rings. The molecule has 0 saturated carbocycles. The van der Waals surface area contributed by atoms with Gasteiger partial charge in [0.05, 0.1) is 43.9 Å². The van der Waals surface area contributed by atoms with Gasteiger partial charge >= 0.3 is 0 Å². The van der Waals surface area contributed by atoms with Gasteiger partial charge in [0.25, 0.3) is 10.1 Å². The first-order valence-electron chi connectivity index (χ1n) is 11.3. The fourth-order valence-electron chi connectivity index (χ4n) is 3.57. The summed E-state index contributed by atoms with van der Waals surface area (Å²) in [7, 11) is -3.47. The van der Waals surface area contributed by atoms with Crippen molar-refractivity contribution in [1.82, 2.24) is 9.97 Å². The van der Waals surface area contributed by atoms with Gasteiger partial charge in [0, 0.05) is 23.4 Å². The van der Waals surface area contributed by atoms with Crippen LogP contribution in [0, 0.1) is 0 Å². The third kappa shape index (κ3) is 6.68.